The zero-order valence-corrected chi connectivity index (χ0v) is 15.8. The van der Waals surface area contributed by atoms with E-state index in [0.29, 0.717) is 22.2 Å². The molecule has 2 amide bonds. The average molecular weight is 385 g/mol. The minimum atomic E-state index is -0.286. The molecule has 140 valence electrons. The van der Waals surface area contributed by atoms with Crippen LogP contribution in [-0.4, -0.2) is 48.2 Å². The molecule has 0 unspecified atom stereocenters. The number of anilines is 1. The molecule has 1 heterocycles. The minimum absolute atomic E-state index is 0.0514. The molecule has 3 rings (SSSR count). The van der Waals surface area contributed by atoms with Gasteiger partial charge in [0.1, 0.15) is 11.3 Å². The van der Waals surface area contributed by atoms with Gasteiger partial charge in [0, 0.05) is 18.8 Å². The Bertz CT molecular complexity index is 924. The smallest absolute Gasteiger partial charge is 0.257 e. The van der Waals surface area contributed by atoms with Crippen LogP contribution in [0.2, 0.25) is 0 Å². The van der Waals surface area contributed by atoms with Gasteiger partial charge >= 0.3 is 0 Å². The van der Waals surface area contributed by atoms with Crippen LogP contribution in [0, 0.1) is 0 Å². The van der Waals surface area contributed by atoms with E-state index < -0.39 is 0 Å². The van der Waals surface area contributed by atoms with Gasteiger partial charge in [-0.15, -0.1) is 0 Å². The first-order chi connectivity index (χ1) is 13.0. The number of aromatic nitrogens is 1. The van der Waals surface area contributed by atoms with Gasteiger partial charge in [0.05, 0.1) is 19.4 Å². The molecule has 0 bridgehead atoms. The molecule has 7 nitrogen and oxygen atoms in total. The number of ether oxygens (including phenoxy) is 1. The first kappa shape index (κ1) is 18.8. The van der Waals surface area contributed by atoms with Crippen molar-refractivity contribution in [3.05, 3.63) is 48.5 Å². The lowest BCUT2D eigenvalue weighted by Gasteiger charge is -2.16. The second-order valence-corrected chi connectivity index (χ2v) is 6.69. The van der Waals surface area contributed by atoms with Gasteiger partial charge in [-0.3, -0.25) is 9.59 Å². The van der Waals surface area contributed by atoms with Crippen molar-refractivity contribution in [3.8, 4) is 5.75 Å². The molecule has 2 aromatic carbocycles. The van der Waals surface area contributed by atoms with E-state index in [2.05, 4.69) is 10.3 Å². The molecule has 0 saturated heterocycles. The highest BCUT2D eigenvalue weighted by molar-refractivity contribution is 7.99. The molecule has 0 radical (unpaired) electrons. The lowest BCUT2D eigenvalue weighted by atomic mass is 10.3. The summed E-state index contributed by atoms with van der Waals surface area (Å²) in [6.45, 7) is -0.0514. The fraction of sp³-hybridized carbons (Fsp3) is 0.211. The number of nitrogens with zero attached hydrogens (tertiary/aromatic N) is 2. The molecule has 3 aromatic rings. The van der Waals surface area contributed by atoms with Gasteiger partial charge in [0.25, 0.3) is 5.22 Å². The predicted octanol–water partition coefficient (Wildman–Crippen LogP) is 3.03. The van der Waals surface area contributed by atoms with Crippen molar-refractivity contribution >= 4 is 40.4 Å². The van der Waals surface area contributed by atoms with Crippen molar-refractivity contribution in [1.29, 1.82) is 0 Å². The number of fused-ring (bicyclic) bond motifs is 1. The van der Waals surface area contributed by atoms with Gasteiger partial charge in [-0.1, -0.05) is 30.0 Å². The highest BCUT2D eigenvalue weighted by Crippen LogP contribution is 2.23. The fourth-order valence-corrected chi connectivity index (χ4v) is 3.13. The maximum absolute atomic E-state index is 12.3. The molecule has 0 aliphatic heterocycles. The van der Waals surface area contributed by atoms with E-state index in [1.807, 2.05) is 24.3 Å². The van der Waals surface area contributed by atoms with Gasteiger partial charge in [-0.05, 0) is 24.3 Å². The Kier molecular flexibility index (Phi) is 5.97. The monoisotopic (exact) mass is 385 g/mol. The number of rotatable bonds is 7. The Morgan fingerprint density at radius 3 is 2.81 bits per heavy atom. The zero-order chi connectivity index (χ0) is 19.2. The van der Waals surface area contributed by atoms with E-state index in [1.165, 1.54) is 16.7 Å². The van der Waals surface area contributed by atoms with Crippen LogP contribution in [0.5, 0.6) is 5.75 Å². The molecule has 0 atom stereocenters. The Hall–Kier alpha value is -3.00. The van der Waals surface area contributed by atoms with E-state index in [-0.39, 0.29) is 24.1 Å². The Morgan fingerprint density at radius 1 is 1.22 bits per heavy atom. The topological polar surface area (TPSA) is 84.7 Å². The first-order valence-corrected chi connectivity index (χ1v) is 9.20. The Morgan fingerprint density at radius 2 is 2.04 bits per heavy atom. The highest BCUT2D eigenvalue weighted by Gasteiger charge is 2.15. The maximum Gasteiger partial charge on any atom is 0.257 e. The van der Waals surface area contributed by atoms with Crippen molar-refractivity contribution in [3.63, 3.8) is 0 Å². The van der Waals surface area contributed by atoms with Crippen molar-refractivity contribution in [2.45, 2.75) is 5.22 Å². The number of hydrogen-bond donors (Lipinski definition) is 1. The van der Waals surface area contributed by atoms with E-state index in [1.54, 1.807) is 38.4 Å². The fourth-order valence-electron chi connectivity index (χ4n) is 2.35. The lowest BCUT2D eigenvalue weighted by Crippen LogP contribution is -2.35. The van der Waals surface area contributed by atoms with Crippen LogP contribution < -0.4 is 10.1 Å². The molecular weight excluding hydrogens is 366 g/mol. The third-order valence-electron chi connectivity index (χ3n) is 3.75. The van der Waals surface area contributed by atoms with Crippen molar-refractivity contribution in [1.82, 2.24) is 9.88 Å². The van der Waals surface area contributed by atoms with Crippen LogP contribution in [0.25, 0.3) is 11.1 Å². The number of hydrogen-bond acceptors (Lipinski definition) is 6. The third-order valence-corrected chi connectivity index (χ3v) is 4.57. The summed E-state index contributed by atoms with van der Waals surface area (Å²) in [6.07, 6.45) is 0. The number of thioether (sulfide) groups is 1. The molecule has 8 heteroatoms. The number of likely N-dealkylation sites (N-methyl/N-ethyl adjacent to an activating group) is 1. The molecule has 27 heavy (non-hydrogen) atoms. The van der Waals surface area contributed by atoms with Gasteiger partial charge < -0.3 is 19.4 Å². The second-order valence-electron chi connectivity index (χ2n) is 5.77. The summed E-state index contributed by atoms with van der Waals surface area (Å²) in [5, 5.41) is 3.17. The number of amides is 2. The Labute approximate surface area is 160 Å². The number of carbonyl (C=O) groups excluding carboxylic acids is 2. The van der Waals surface area contributed by atoms with Crippen LogP contribution >= 0.6 is 11.8 Å². The summed E-state index contributed by atoms with van der Waals surface area (Å²) in [7, 11) is 3.14. The molecule has 0 aliphatic rings. The van der Waals surface area contributed by atoms with E-state index in [0.717, 1.165) is 5.52 Å². The van der Waals surface area contributed by atoms with E-state index in [4.69, 9.17) is 9.15 Å². The van der Waals surface area contributed by atoms with Crippen LogP contribution in [0.3, 0.4) is 0 Å². The van der Waals surface area contributed by atoms with Crippen molar-refractivity contribution in [2.24, 2.45) is 0 Å². The average Bonchev–Trinajstić information content (AvgIpc) is 3.09. The summed E-state index contributed by atoms with van der Waals surface area (Å²) in [4.78, 5) is 30.1. The number of methoxy groups -OCH3 is 1. The van der Waals surface area contributed by atoms with Crippen LogP contribution in [-0.2, 0) is 9.59 Å². The molecule has 0 fully saturated rings. The van der Waals surface area contributed by atoms with E-state index in [9.17, 15) is 9.59 Å². The predicted molar refractivity (Wildman–Crippen MR) is 104 cm³/mol. The number of carbonyl (C=O) groups is 2. The zero-order valence-electron chi connectivity index (χ0n) is 15.0. The SMILES string of the molecule is COc1cccc(NC(=O)CN(C)C(=O)CSc2nc3ccccc3o2)c1. The van der Waals surface area contributed by atoms with Gasteiger partial charge in [0.15, 0.2) is 5.58 Å². The summed E-state index contributed by atoms with van der Waals surface area (Å²) >= 11 is 1.20. The van der Waals surface area contributed by atoms with Crippen molar-refractivity contribution < 1.29 is 18.7 Å². The van der Waals surface area contributed by atoms with Crippen LogP contribution in [0.15, 0.2) is 58.2 Å². The van der Waals surface area contributed by atoms with Crippen molar-refractivity contribution in [2.75, 3.05) is 31.8 Å². The minimum Gasteiger partial charge on any atom is -0.497 e. The number of nitrogens with one attached hydrogen (secondary N) is 1. The normalized spacial score (nSPS) is 10.6. The van der Waals surface area contributed by atoms with Crippen LogP contribution in [0.1, 0.15) is 0 Å². The first-order valence-electron chi connectivity index (χ1n) is 8.21. The molecule has 0 spiro atoms. The lowest BCUT2D eigenvalue weighted by molar-refractivity contribution is -0.131. The number of benzene rings is 2. The van der Waals surface area contributed by atoms with Gasteiger partial charge in [0.2, 0.25) is 11.8 Å². The second kappa shape index (κ2) is 8.59. The quantitative estimate of drug-likeness (QED) is 0.630. The molecule has 0 aliphatic carbocycles. The molecule has 1 aromatic heterocycles. The van der Waals surface area contributed by atoms with Gasteiger partial charge in [-0.25, -0.2) is 4.98 Å². The van der Waals surface area contributed by atoms with Crippen LogP contribution in [0.4, 0.5) is 5.69 Å². The van der Waals surface area contributed by atoms with Gasteiger partial charge in [-0.2, -0.15) is 0 Å². The largest absolute Gasteiger partial charge is 0.497 e. The molecular formula is C19H19N3O4S. The summed E-state index contributed by atoms with van der Waals surface area (Å²) in [5.74, 6) is 0.302. The number of oxazole rings is 1. The third kappa shape index (κ3) is 5.01. The van der Waals surface area contributed by atoms with E-state index >= 15 is 0 Å². The molecule has 1 N–H and O–H groups in total. The summed E-state index contributed by atoms with van der Waals surface area (Å²) in [6, 6.07) is 14.4. The highest BCUT2D eigenvalue weighted by atomic mass is 32.2. The Balaban J connectivity index is 1.49. The standard InChI is InChI=1S/C19H19N3O4S/c1-22(11-17(23)20-13-6-5-7-14(10-13)25-2)18(24)12-27-19-21-15-8-3-4-9-16(15)26-19/h3-10H,11-12H2,1-2H3,(H,20,23). The molecule has 0 saturated carbocycles. The summed E-state index contributed by atoms with van der Waals surface area (Å²) < 4.78 is 10.7. The summed E-state index contributed by atoms with van der Waals surface area (Å²) in [5.41, 5.74) is 2.04. The number of para-hydroxylation sites is 2. The maximum atomic E-state index is 12.3.